The van der Waals surface area contributed by atoms with E-state index in [1.165, 1.54) is 0 Å². The summed E-state index contributed by atoms with van der Waals surface area (Å²) in [5.41, 5.74) is 1.13. The van der Waals surface area contributed by atoms with Crippen molar-refractivity contribution in [3.8, 4) is 0 Å². The second kappa shape index (κ2) is 10.3. The van der Waals surface area contributed by atoms with E-state index in [4.69, 9.17) is 9.47 Å². The van der Waals surface area contributed by atoms with Crippen LogP contribution in [0.2, 0.25) is 0 Å². The van der Waals surface area contributed by atoms with Crippen LogP contribution in [0.5, 0.6) is 0 Å². The first-order valence-electron chi connectivity index (χ1n) is 11.2. The van der Waals surface area contributed by atoms with Gasteiger partial charge in [-0.05, 0) is 50.3 Å². The lowest BCUT2D eigenvalue weighted by atomic mass is 9.90. The summed E-state index contributed by atoms with van der Waals surface area (Å²) in [4.78, 5) is 41.8. The Morgan fingerprint density at radius 3 is 2.55 bits per heavy atom. The summed E-state index contributed by atoms with van der Waals surface area (Å²) in [6.45, 7) is 2.13. The fourth-order valence-corrected chi connectivity index (χ4v) is 4.25. The van der Waals surface area contributed by atoms with Gasteiger partial charge in [0.25, 0.3) is 0 Å². The number of fused-ring (bicyclic) bond motifs is 1. The van der Waals surface area contributed by atoms with Gasteiger partial charge in [-0.2, -0.15) is 0 Å². The SMILES string of the molecule is CCOC(=O)c1cn(C2CCC(NC(=O)OCc3ccccc3)CC2)c2ncccc2c1=O. The zero-order valence-electron chi connectivity index (χ0n) is 18.5. The number of aromatic nitrogens is 2. The summed E-state index contributed by atoms with van der Waals surface area (Å²) in [7, 11) is 0. The van der Waals surface area contributed by atoms with E-state index in [0.717, 1.165) is 31.2 Å². The van der Waals surface area contributed by atoms with Gasteiger partial charge < -0.3 is 19.4 Å². The van der Waals surface area contributed by atoms with Gasteiger partial charge in [0, 0.05) is 24.5 Å². The number of pyridine rings is 2. The molecule has 1 N–H and O–H groups in total. The van der Waals surface area contributed by atoms with Gasteiger partial charge in [-0.15, -0.1) is 0 Å². The number of benzene rings is 1. The van der Waals surface area contributed by atoms with E-state index < -0.39 is 12.1 Å². The van der Waals surface area contributed by atoms with Crippen molar-refractivity contribution in [2.24, 2.45) is 0 Å². The Kier molecular flexibility index (Phi) is 7.02. The van der Waals surface area contributed by atoms with E-state index >= 15 is 0 Å². The van der Waals surface area contributed by atoms with Crippen LogP contribution in [0.15, 0.2) is 59.7 Å². The third-order valence-electron chi connectivity index (χ3n) is 5.91. The number of esters is 1. The Morgan fingerprint density at radius 2 is 1.82 bits per heavy atom. The molecule has 1 amide bonds. The molecule has 1 saturated carbocycles. The molecular weight excluding hydrogens is 422 g/mol. The lowest BCUT2D eigenvalue weighted by Crippen LogP contribution is -2.38. The maximum absolute atomic E-state index is 12.8. The fourth-order valence-electron chi connectivity index (χ4n) is 4.25. The van der Waals surface area contributed by atoms with E-state index in [-0.39, 0.29) is 36.3 Å². The first-order chi connectivity index (χ1) is 16.1. The second-order valence-electron chi connectivity index (χ2n) is 8.09. The molecule has 8 heteroatoms. The maximum atomic E-state index is 12.8. The summed E-state index contributed by atoms with van der Waals surface area (Å²) in [5, 5.41) is 3.34. The van der Waals surface area contributed by atoms with Crippen molar-refractivity contribution in [1.29, 1.82) is 0 Å². The fraction of sp³-hybridized carbons (Fsp3) is 0.360. The average molecular weight is 450 g/mol. The molecule has 2 heterocycles. The van der Waals surface area contributed by atoms with E-state index in [0.29, 0.717) is 11.0 Å². The van der Waals surface area contributed by atoms with Crippen LogP contribution < -0.4 is 10.7 Å². The number of carbonyl (C=O) groups excluding carboxylic acids is 2. The number of rotatable bonds is 6. The highest BCUT2D eigenvalue weighted by Crippen LogP contribution is 2.30. The molecule has 1 fully saturated rings. The molecule has 8 nitrogen and oxygen atoms in total. The van der Waals surface area contributed by atoms with Crippen molar-refractivity contribution in [3.05, 3.63) is 76.2 Å². The Morgan fingerprint density at radius 1 is 1.06 bits per heavy atom. The van der Waals surface area contributed by atoms with E-state index in [1.54, 1.807) is 31.5 Å². The number of ether oxygens (including phenoxy) is 2. The largest absolute Gasteiger partial charge is 0.462 e. The molecule has 1 aliphatic rings. The minimum absolute atomic E-state index is 0.00709. The highest BCUT2D eigenvalue weighted by atomic mass is 16.5. The Bertz CT molecular complexity index is 1180. The topological polar surface area (TPSA) is 99.5 Å². The third kappa shape index (κ3) is 5.22. The van der Waals surface area contributed by atoms with Crippen LogP contribution in [-0.2, 0) is 16.1 Å². The summed E-state index contributed by atoms with van der Waals surface area (Å²) in [6, 6.07) is 13.0. The Balaban J connectivity index is 1.43. The van der Waals surface area contributed by atoms with E-state index in [1.807, 2.05) is 34.9 Å². The smallest absolute Gasteiger partial charge is 0.407 e. The molecule has 0 atom stereocenters. The van der Waals surface area contributed by atoms with Gasteiger partial charge in [-0.1, -0.05) is 30.3 Å². The molecule has 172 valence electrons. The zero-order valence-corrected chi connectivity index (χ0v) is 18.5. The molecule has 3 aromatic rings. The molecule has 0 radical (unpaired) electrons. The van der Waals surface area contributed by atoms with Gasteiger partial charge in [0.2, 0.25) is 5.43 Å². The first-order valence-corrected chi connectivity index (χ1v) is 11.2. The first kappa shape index (κ1) is 22.5. The minimum Gasteiger partial charge on any atom is -0.462 e. The van der Waals surface area contributed by atoms with Crippen LogP contribution in [-0.4, -0.2) is 34.3 Å². The highest BCUT2D eigenvalue weighted by molar-refractivity contribution is 5.93. The Labute approximate surface area is 191 Å². The summed E-state index contributed by atoms with van der Waals surface area (Å²) in [6.07, 6.45) is 5.81. The van der Waals surface area contributed by atoms with Gasteiger partial charge in [0.15, 0.2) is 0 Å². The molecule has 2 aromatic heterocycles. The third-order valence-corrected chi connectivity index (χ3v) is 5.91. The summed E-state index contributed by atoms with van der Waals surface area (Å²) in [5.74, 6) is -0.626. The van der Waals surface area contributed by atoms with Crippen molar-refractivity contribution < 1.29 is 19.1 Å². The van der Waals surface area contributed by atoms with Crippen LogP contribution in [0.25, 0.3) is 11.0 Å². The molecule has 0 spiro atoms. The minimum atomic E-state index is -0.626. The van der Waals surface area contributed by atoms with E-state index in [2.05, 4.69) is 10.3 Å². The second-order valence-corrected chi connectivity index (χ2v) is 8.09. The van der Waals surface area contributed by atoms with Crippen LogP contribution in [0, 0.1) is 0 Å². The molecule has 33 heavy (non-hydrogen) atoms. The highest BCUT2D eigenvalue weighted by Gasteiger charge is 2.26. The maximum Gasteiger partial charge on any atom is 0.407 e. The van der Waals surface area contributed by atoms with E-state index in [9.17, 15) is 14.4 Å². The molecule has 0 aliphatic heterocycles. The number of nitrogens with one attached hydrogen (secondary N) is 1. The average Bonchev–Trinajstić information content (AvgIpc) is 2.84. The normalized spacial score (nSPS) is 18.0. The van der Waals surface area contributed by atoms with Crippen molar-refractivity contribution in [1.82, 2.24) is 14.9 Å². The Hall–Kier alpha value is -3.68. The van der Waals surface area contributed by atoms with Crippen molar-refractivity contribution in [2.45, 2.75) is 51.3 Å². The number of alkyl carbamates (subject to hydrolysis) is 1. The number of hydrogen-bond acceptors (Lipinski definition) is 6. The molecule has 4 rings (SSSR count). The van der Waals surface area contributed by atoms with Crippen LogP contribution in [0.1, 0.15) is 54.6 Å². The predicted octanol–water partition coefficient (Wildman–Crippen LogP) is 3.98. The monoisotopic (exact) mass is 449 g/mol. The molecule has 1 aromatic carbocycles. The zero-order chi connectivity index (χ0) is 23.2. The quantitative estimate of drug-likeness (QED) is 0.572. The summed E-state index contributed by atoms with van der Waals surface area (Å²) >= 11 is 0. The van der Waals surface area contributed by atoms with Gasteiger partial charge in [-0.3, -0.25) is 4.79 Å². The number of carbonyl (C=O) groups is 2. The van der Waals surface area contributed by atoms with Gasteiger partial charge in [0.05, 0.1) is 12.0 Å². The van der Waals surface area contributed by atoms with Gasteiger partial charge in [0.1, 0.15) is 17.8 Å². The lowest BCUT2D eigenvalue weighted by Gasteiger charge is -2.31. The molecule has 0 bridgehead atoms. The van der Waals surface area contributed by atoms with Crippen LogP contribution in [0.4, 0.5) is 4.79 Å². The van der Waals surface area contributed by atoms with Crippen molar-refractivity contribution in [3.63, 3.8) is 0 Å². The lowest BCUT2D eigenvalue weighted by molar-refractivity contribution is 0.0523. The predicted molar refractivity (Wildman–Crippen MR) is 123 cm³/mol. The molecule has 0 saturated heterocycles. The molecule has 1 aliphatic carbocycles. The number of hydrogen-bond donors (Lipinski definition) is 1. The van der Waals surface area contributed by atoms with Crippen LogP contribution >= 0.6 is 0 Å². The number of nitrogens with zero attached hydrogens (tertiary/aromatic N) is 2. The molecular formula is C25H27N3O5. The summed E-state index contributed by atoms with van der Waals surface area (Å²) < 4.78 is 12.3. The van der Waals surface area contributed by atoms with Crippen molar-refractivity contribution >= 4 is 23.1 Å². The van der Waals surface area contributed by atoms with Crippen molar-refractivity contribution in [2.75, 3.05) is 6.61 Å². The van der Waals surface area contributed by atoms with Crippen LogP contribution in [0.3, 0.4) is 0 Å². The number of amides is 1. The standard InChI is InChI=1S/C25H27N3O5/c1-2-32-24(30)21-15-28(23-20(22(21)29)9-6-14-26-23)19-12-10-18(11-13-19)27-25(31)33-16-17-7-4-3-5-8-17/h3-9,14-15,18-19H,2,10-13,16H2,1H3,(H,27,31). The molecule has 0 unspecified atom stereocenters. The van der Waals surface area contributed by atoms with Gasteiger partial charge >= 0.3 is 12.1 Å². The van der Waals surface area contributed by atoms with Gasteiger partial charge in [-0.25, -0.2) is 14.6 Å².